The second-order valence-corrected chi connectivity index (χ2v) is 9.49. The van der Waals surface area contributed by atoms with Gasteiger partial charge in [0.2, 0.25) is 5.91 Å². The van der Waals surface area contributed by atoms with Crippen molar-refractivity contribution in [1.82, 2.24) is 15.1 Å². The molecule has 1 fully saturated rings. The van der Waals surface area contributed by atoms with Crippen LogP contribution in [0.2, 0.25) is 0 Å². The molecule has 0 saturated carbocycles. The fraction of sp³-hybridized carbons (Fsp3) is 0.875. The molecule has 31 heavy (non-hydrogen) atoms. The summed E-state index contributed by atoms with van der Waals surface area (Å²) in [6.45, 7) is 12.0. The molecule has 0 spiro atoms. The summed E-state index contributed by atoms with van der Waals surface area (Å²) < 4.78 is 5.43. The number of carbonyl (C=O) groups is 3. The number of Topliss-reactive ketones (excluding diaryl/α,β-unsaturated/α-hetero) is 1. The lowest BCUT2D eigenvalue weighted by Crippen LogP contribution is -2.42. The predicted molar refractivity (Wildman–Crippen MR) is 124 cm³/mol. The van der Waals surface area contributed by atoms with E-state index in [1.165, 1.54) is 0 Å². The summed E-state index contributed by atoms with van der Waals surface area (Å²) >= 11 is 0. The molecule has 1 amide bonds. The minimum atomic E-state index is -0.668. The van der Waals surface area contributed by atoms with Gasteiger partial charge in [-0.25, -0.2) is 0 Å². The Labute approximate surface area is 189 Å². The van der Waals surface area contributed by atoms with Gasteiger partial charge in [0.15, 0.2) is 0 Å². The van der Waals surface area contributed by atoms with Crippen LogP contribution in [0, 0.1) is 23.7 Å². The first-order chi connectivity index (χ1) is 14.7. The zero-order valence-corrected chi connectivity index (χ0v) is 20.6. The number of esters is 1. The first-order valence-electron chi connectivity index (χ1n) is 12.0. The number of ether oxygens (including phenoxy) is 1. The number of rotatable bonds is 3. The average molecular weight is 440 g/mol. The third-order valence-electron chi connectivity index (χ3n) is 6.20. The molecule has 7 nitrogen and oxygen atoms in total. The van der Waals surface area contributed by atoms with E-state index < -0.39 is 11.9 Å². The highest BCUT2D eigenvalue weighted by molar-refractivity contribution is 5.99. The van der Waals surface area contributed by atoms with Crippen molar-refractivity contribution in [3.05, 3.63) is 0 Å². The van der Waals surface area contributed by atoms with Crippen LogP contribution in [0.4, 0.5) is 0 Å². The van der Waals surface area contributed by atoms with Gasteiger partial charge in [-0.05, 0) is 58.0 Å². The maximum absolute atomic E-state index is 12.9. The number of amides is 1. The number of nitrogens with one attached hydrogen (secondary N) is 1. The van der Waals surface area contributed by atoms with Gasteiger partial charge >= 0.3 is 5.97 Å². The molecule has 4 atom stereocenters. The average Bonchev–Trinajstić information content (AvgIpc) is 2.69. The molecule has 1 heterocycles. The third-order valence-corrected chi connectivity index (χ3v) is 6.20. The summed E-state index contributed by atoms with van der Waals surface area (Å²) in [5.74, 6) is -0.200. The van der Waals surface area contributed by atoms with Crippen LogP contribution in [0.15, 0.2) is 0 Å². The summed E-state index contributed by atoms with van der Waals surface area (Å²) in [5, 5.41) is 2.94. The number of hydrogen-bond donors (Lipinski definition) is 1. The van der Waals surface area contributed by atoms with Crippen molar-refractivity contribution in [2.24, 2.45) is 23.7 Å². The summed E-state index contributed by atoms with van der Waals surface area (Å²) in [7, 11) is 3.89. The van der Waals surface area contributed by atoms with Crippen LogP contribution in [0.1, 0.15) is 59.8 Å². The Morgan fingerprint density at radius 2 is 1.77 bits per heavy atom. The SMILES string of the molecule is CCC1C(=O)OCCCCN(C(=O)CNC)CCN(C)C[C@H](C)C[C@@H](C)C[C@@H](C)C1=O. The van der Waals surface area contributed by atoms with Gasteiger partial charge in [0, 0.05) is 32.1 Å². The molecule has 0 aromatic heterocycles. The monoisotopic (exact) mass is 439 g/mol. The molecule has 1 rings (SSSR count). The lowest BCUT2D eigenvalue weighted by Gasteiger charge is -2.28. The summed E-state index contributed by atoms with van der Waals surface area (Å²) in [6, 6.07) is 0. The highest BCUT2D eigenvalue weighted by atomic mass is 16.5. The van der Waals surface area contributed by atoms with Gasteiger partial charge in [-0.3, -0.25) is 14.4 Å². The van der Waals surface area contributed by atoms with Gasteiger partial charge in [0.25, 0.3) is 0 Å². The van der Waals surface area contributed by atoms with Crippen molar-refractivity contribution in [2.45, 2.75) is 59.8 Å². The molecule has 0 radical (unpaired) electrons. The van der Waals surface area contributed by atoms with Crippen LogP contribution in [0.3, 0.4) is 0 Å². The molecular formula is C24H45N3O4. The Balaban J connectivity index is 2.87. The number of carbonyl (C=O) groups excluding carboxylic acids is 3. The van der Waals surface area contributed by atoms with Gasteiger partial charge in [-0.2, -0.15) is 0 Å². The smallest absolute Gasteiger partial charge is 0.316 e. The lowest BCUT2D eigenvalue weighted by molar-refractivity contribution is -0.153. The highest BCUT2D eigenvalue weighted by Gasteiger charge is 2.31. The minimum Gasteiger partial charge on any atom is -0.465 e. The van der Waals surface area contributed by atoms with E-state index in [-0.39, 0.29) is 17.6 Å². The predicted octanol–water partition coefficient (Wildman–Crippen LogP) is 2.59. The van der Waals surface area contributed by atoms with Crippen LogP contribution >= 0.6 is 0 Å². The van der Waals surface area contributed by atoms with Crippen LogP contribution < -0.4 is 5.32 Å². The Morgan fingerprint density at radius 1 is 1.06 bits per heavy atom. The largest absolute Gasteiger partial charge is 0.465 e. The maximum Gasteiger partial charge on any atom is 0.316 e. The van der Waals surface area contributed by atoms with Gasteiger partial charge in [-0.1, -0.05) is 27.7 Å². The molecule has 1 aliphatic rings. The van der Waals surface area contributed by atoms with E-state index in [4.69, 9.17) is 4.74 Å². The van der Waals surface area contributed by atoms with E-state index in [0.29, 0.717) is 50.9 Å². The Kier molecular flexibility index (Phi) is 13.0. The molecule has 0 aromatic rings. The molecule has 1 saturated heterocycles. The third kappa shape index (κ3) is 10.1. The minimum absolute atomic E-state index is 0.00840. The molecule has 1 unspecified atom stereocenters. The molecule has 180 valence electrons. The Hall–Kier alpha value is -1.47. The highest BCUT2D eigenvalue weighted by Crippen LogP contribution is 2.24. The van der Waals surface area contributed by atoms with Gasteiger partial charge in [-0.15, -0.1) is 0 Å². The second kappa shape index (κ2) is 14.6. The van der Waals surface area contributed by atoms with Gasteiger partial charge in [0.05, 0.1) is 13.2 Å². The first kappa shape index (κ1) is 27.6. The standard InChI is InChI=1S/C24H45N3O4/c1-7-21-23(29)20(4)15-18(2)14-19(3)17-26(6)11-12-27(22(28)16-25-5)10-8-9-13-31-24(21)30/h18-21,25H,7-17H2,1-6H3/t18-,19-,20-,21?/m1/s1. The van der Waals surface area contributed by atoms with Crippen LogP contribution in [-0.2, 0) is 19.1 Å². The Bertz CT molecular complexity index is 569. The second-order valence-electron chi connectivity index (χ2n) is 9.49. The molecule has 0 aromatic carbocycles. The zero-order chi connectivity index (χ0) is 23.4. The van der Waals surface area contributed by atoms with E-state index in [0.717, 1.165) is 32.4 Å². The summed E-state index contributed by atoms with van der Waals surface area (Å²) in [4.78, 5) is 42.0. The number of ketones is 1. The maximum atomic E-state index is 12.9. The van der Waals surface area contributed by atoms with Crippen molar-refractivity contribution in [3.63, 3.8) is 0 Å². The summed E-state index contributed by atoms with van der Waals surface area (Å²) in [5.41, 5.74) is 0. The van der Waals surface area contributed by atoms with Crippen molar-refractivity contribution in [2.75, 3.05) is 53.4 Å². The number of nitrogens with zero attached hydrogens (tertiary/aromatic N) is 2. The van der Waals surface area contributed by atoms with Gasteiger partial charge in [0.1, 0.15) is 11.7 Å². The van der Waals surface area contributed by atoms with Crippen LogP contribution in [-0.4, -0.2) is 80.9 Å². The molecule has 7 heteroatoms. The lowest BCUT2D eigenvalue weighted by atomic mass is 9.83. The van der Waals surface area contributed by atoms with E-state index in [1.807, 2.05) is 18.7 Å². The normalized spacial score (nSPS) is 29.2. The zero-order valence-electron chi connectivity index (χ0n) is 20.6. The van der Waals surface area contributed by atoms with E-state index >= 15 is 0 Å². The summed E-state index contributed by atoms with van der Waals surface area (Å²) in [6.07, 6.45) is 3.75. The molecular weight excluding hydrogens is 394 g/mol. The topological polar surface area (TPSA) is 79.0 Å². The number of cyclic esters (lactones) is 1. The first-order valence-corrected chi connectivity index (χ1v) is 12.0. The van der Waals surface area contributed by atoms with Crippen molar-refractivity contribution < 1.29 is 19.1 Å². The van der Waals surface area contributed by atoms with Gasteiger partial charge < -0.3 is 19.9 Å². The quantitative estimate of drug-likeness (QED) is 0.538. The molecule has 0 bridgehead atoms. The van der Waals surface area contributed by atoms with Crippen LogP contribution in [0.5, 0.6) is 0 Å². The Morgan fingerprint density at radius 3 is 2.42 bits per heavy atom. The fourth-order valence-electron chi connectivity index (χ4n) is 4.62. The molecule has 1 aliphatic heterocycles. The van der Waals surface area contributed by atoms with Crippen LogP contribution in [0.25, 0.3) is 0 Å². The number of likely N-dealkylation sites (N-methyl/N-ethyl adjacent to an activating group) is 2. The van der Waals surface area contributed by atoms with Crippen molar-refractivity contribution in [3.8, 4) is 0 Å². The van der Waals surface area contributed by atoms with Crippen molar-refractivity contribution >= 4 is 17.7 Å². The van der Waals surface area contributed by atoms with Crippen molar-refractivity contribution in [1.29, 1.82) is 0 Å². The number of hydrogen-bond acceptors (Lipinski definition) is 6. The van der Waals surface area contributed by atoms with E-state index in [2.05, 4.69) is 31.1 Å². The van der Waals surface area contributed by atoms with E-state index in [9.17, 15) is 14.4 Å². The fourth-order valence-corrected chi connectivity index (χ4v) is 4.62. The van der Waals surface area contributed by atoms with E-state index in [1.54, 1.807) is 7.05 Å². The molecule has 0 aliphatic carbocycles. The molecule has 1 N–H and O–H groups in total.